The molecule has 1 amide bonds. The van der Waals surface area contributed by atoms with E-state index in [-0.39, 0.29) is 18.4 Å². The predicted molar refractivity (Wildman–Crippen MR) is 81.7 cm³/mol. The first kappa shape index (κ1) is 14.8. The van der Waals surface area contributed by atoms with E-state index in [2.05, 4.69) is 16.4 Å². The van der Waals surface area contributed by atoms with Crippen molar-refractivity contribution in [3.05, 3.63) is 23.4 Å². The van der Waals surface area contributed by atoms with Gasteiger partial charge in [-0.3, -0.25) is 9.59 Å². The third kappa shape index (κ3) is 3.21. The molecule has 2 aliphatic rings. The SMILES string of the molecule is O=C(O)CN1CC[C@@H](CCc2ccc3c(n2)NCCC3)C1=O. The fraction of sp³-hybridized carbons (Fsp3) is 0.562. The van der Waals surface area contributed by atoms with Crippen LogP contribution in [0.4, 0.5) is 5.82 Å². The van der Waals surface area contributed by atoms with Gasteiger partial charge in [-0.2, -0.15) is 0 Å². The van der Waals surface area contributed by atoms with Crippen LogP contribution in [0.3, 0.4) is 0 Å². The maximum Gasteiger partial charge on any atom is 0.323 e. The molecule has 1 saturated heterocycles. The summed E-state index contributed by atoms with van der Waals surface area (Å²) in [6.45, 7) is 1.33. The molecular formula is C16H21N3O3. The third-order valence-corrected chi connectivity index (χ3v) is 4.44. The topological polar surface area (TPSA) is 82.5 Å². The summed E-state index contributed by atoms with van der Waals surface area (Å²) in [7, 11) is 0. The standard InChI is InChI=1S/C16H21N3O3/c20-14(21)10-19-9-7-12(16(19)22)4-6-13-5-3-11-2-1-8-17-15(11)18-13/h3,5,12H,1-2,4,6-10H2,(H,17,18)(H,20,21)/t12-/m1/s1. The molecule has 0 aliphatic carbocycles. The number of carboxylic acids is 1. The molecule has 6 heteroatoms. The van der Waals surface area contributed by atoms with Crippen molar-refractivity contribution < 1.29 is 14.7 Å². The molecule has 0 saturated carbocycles. The molecule has 1 aromatic rings. The molecule has 1 fully saturated rings. The minimum absolute atomic E-state index is 0.0292. The Morgan fingerprint density at radius 2 is 2.32 bits per heavy atom. The van der Waals surface area contributed by atoms with Crippen molar-refractivity contribution >= 4 is 17.7 Å². The minimum Gasteiger partial charge on any atom is -0.480 e. The molecule has 0 bridgehead atoms. The van der Waals surface area contributed by atoms with Crippen LogP contribution in [-0.4, -0.2) is 46.5 Å². The van der Waals surface area contributed by atoms with Gasteiger partial charge < -0.3 is 15.3 Å². The Balaban J connectivity index is 1.57. The Hall–Kier alpha value is -2.11. The minimum atomic E-state index is -0.948. The molecule has 118 valence electrons. The van der Waals surface area contributed by atoms with Crippen LogP contribution in [0.5, 0.6) is 0 Å². The van der Waals surface area contributed by atoms with Crippen LogP contribution in [0, 0.1) is 5.92 Å². The maximum atomic E-state index is 12.1. The number of carbonyl (C=O) groups excluding carboxylic acids is 1. The fourth-order valence-electron chi connectivity index (χ4n) is 3.22. The second-order valence-electron chi connectivity index (χ2n) is 6.02. The molecule has 3 rings (SSSR count). The summed E-state index contributed by atoms with van der Waals surface area (Å²) in [5.41, 5.74) is 2.26. The summed E-state index contributed by atoms with van der Waals surface area (Å²) >= 11 is 0. The Labute approximate surface area is 129 Å². The normalized spacial score (nSPS) is 20.6. The lowest BCUT2D eigenvalue weighted by Crippen LogP contribution is -2.32. The van der Waals surface area contributed by atoms with Gasteiger partial charge in [0.15, 0.2) is 0 Å². The number of aryl methyl sites for hydroxylation is 2. The van der Waals surface area contributed by atoms with Crippen molar-refractivity contribution in [2.45, 2.75) is 32.1 Å². The van der Waals surface area contributed by atoms with Crippen LogP contribution in [0.2, 0.25) is 0 Å². The number of aliphatic carboxylic acids is 1. The van der Waals surface area contributed by atoms with Crippen LogP contribution < -0.4 is 5.32 Å². The summed E-state index contributed by atoms with van der Waals surface area (Å²) in [5.74, 6) is -0.0611. The van der Waals surface area contributed by atoms with Gasteiger partial charge in [-0.25, -0.2) is 4.98 Å². The number of anilines is 1. The molecular weight excluding hydrogens is 282 g/mol. The molecule has 22 heavy (non-hydrogen) atoms. The molecule has 6 nitrogen and oxygen atoms in total. The highest BCUT2D eigenvalue weighted by Gasteiger charge is 2.32. The quantitative estimate of drug-likeness (QED) is 0.857. The lowest BCUT2D eigenvalue weighted by atomic mass is 9.99. The van der Waals surface area contributed by atoms with E-state index in [1.165, 1.54) is 10.5 Å². The molecule has 0 aromatic carbocycles. The number of hydrogen-bond donors (Lipinski definition) is 2. The number of aromatic nitrogens is 1. The average Bonchev–Trinajstić information content (AvgIpc) is 2.85. The molecule has 2 aliphatic heterocycles. The van der Waals surface area contributed by atoms with Gasteiger partial charge in [-0.1, -0.05) is 6.07 Å². The number of rotatable bonds is 5. The van der Waals surface area contributed by atoms with Crippen molar-refractivity contribution in [1.82, 2.24) is 9.88 Å². The van der Waals surface area contributed by atoms with Crippen LogP contribution in [0.15, 0.2) is 12.1 Å². The third-order valence-electron chi connectivity index (χ3n) is 4.44. The van der Waals surface area contributed by atoms with Crippen molar-refractivity contribution in [3.8, 4) is 0 Å². The monoisotopic (exact) mass is 303 g/mol. The predicted octanol–water partition coefficient (Wildman–Crippen LogP) is 1.31. The van der Waals surface area contributed by atoms with E-state index < -0.39 is 5.97 Å². The van der Waals surface area contributed by atoms with Gasteiger partial charge in [0.25, 0.3) is 0 Å². The average molecular weight is 303 g/mol. The van der Waals surface area contributed by atoms with Crippen LogP contribution >= 0.6 is 0 Å². The highest BCUT2D eigenvalue weighted by atomic mass is 16.4. The van der Waals surface area contributed by atoms with Gasteiger partial charge in [-0.15, -0.1) is 0 Å². The fourth-order valence-corrected chi connectivity index (χ4v) is 3.22. The highest BCUT2D eigenvalue weighted by molar-refractivity contribution is 5.84. The second kappa shape index (κ2) is 6.34. The molecule has 2 N–H and O–H groups in total. The Bertz CT molecular complexity index is 588. The van der Waals surface area contributed by atoms with Crippen LogP contribution in [0.25, 0.3) is 0 Å². The number of carbonyl (C=O) groups is 2. The molecule has 1 atom stereocenters. The van der Waals surface area contributed by atoms with Crippen LogP contribution in [0.1, 0.15) is 30.5 Å². The number of likely N-dealkylation sites (tertiary alicyclic amines) is 1. The van der Waals surface area contributed by atoms with E-state index in [1.54, 1.807) is 0 Å². The van der Waals surface area contributed by atoms with Crippen molar-refractivity contribution in [3.63, 3.8) is 0 Å². The zero-order valence-electron chi connectivity index (χ0n) is 12.5. The number of nitrogens with one attached hydrogen (secondary N) is 1. The maximum absolute atomic E-state index is 12.1. The van der Waals surface area contributed by atoms with Gasteiger partial charge in [0.2, 0.25) is 5.91 Å². The molecule has 0 radical (unpaired) electrons. The van der Waals surface area contributed by atoms with E-state index >= 15 is 0 Å². The Morgan fingerprint density at radius 3 is 3.14 bits per heavy atom. The molecule has 3 heterocycles. The van der Waals surface area contributed by atoms with Crippen LogP contribution in [-0.2, 0) is 22.4 Å². The van der Waals surface area contributed by atoms with E-state index in [0.29, 0.717) is 6.54 Å². The summed E-state index contributed by atoms with van der Waals surface area (Å²) < 4.78 is 0. The summed E-state index contributed by atoms with van der Waals surface area (Å²) in [6, 6.07) is 4.16. The number of amides is 1. The molecule has 0 unspecified atom stereocenters. The largest absolute Gasteiger partial charge is 0.480 e. The van der Waals surface area contributed by atoms with Crippen molar-refractivity contribution in [2.24, 2.45) is 5.92 Å². The first-order chi connectivity index (χ1) is 10.6. The zero-order valence-corrected chi connectivity index (χ0v) is 12.5. The number of carboxylic acid groups (broad SMARTS) is 1. The lowest BCUT2D eigenvalue weighted by Gasteiger charge is -2.18. The summed E-state index contributed by atoms with van der Waals surface area (Å²) in [5, 5.41) is 12.1. The Kier molecular flexibility index (Phi) is 4.27. The number of nitrogens with zero attached hydrogens (tertiary/aromatic N) is 2. The van der Waals surface area contributed by atoms with E-state index in [9.17, 15) is 9.59 Å². The van der Waals surface area contributed by atoms with E-state index in [4.69, 9.17) is 5.11 Å². The van der Waals surface area contributed by atoms with E-state index in [0.717, 1.165) is 50.2 Å². The van der Waals surface area contributed by atoms with Crippen molar-refractivity contribution in [1.29, 1.82) is 0 Å². The molecule has 0 spiro atoms. The van der Waals surface area contributed by atoms with E-state index in [1.807, 2.05) is 6.07 Å². The molecule has 1 aromatic heterocycles. The zero-order chi connectivity index (χ0) is 15.5. The number of hydrogen-bond acceptors (Lipinski definition) is 4. The summed E-state index contributed by atoms with van der Waals surface area (Å²) in [6.07, 6.45) is 4.45. The van der Waals surface area contributed by atoms with Gasteiger partial charge in [0.1, 0.15) is 12.4 Å². The van der Waals surface area contributed by atoms with Gasteiger partial charge >= 0.3 is 5.97 Å². The first-order valence-corrected chi connectivity index (χ1v) is 7.87. The van der Waals surface area contributed by atoms with Crippen molar-refractivity contribution in [2.75, 3.05) is 25.0 Å². The number of pyridine rings is 1. The van der Waals surface area contributed by atoms with Gasteiger partial charge in [-0.05, 0) is 43.7 Å². The summed E-state index contributed by atoms with van der Waals surface area (Å²) in [4.78, 5) is 28.9. The lowest BCUT2D eigenvalue weighted by molar-refractivity contribution is -0.143. The van der Waals surface area contributed by atoms with Gasteiger partial charge in [0.05, 0.1) is 0 Å². The smallest absolute Gasteiger partial charge is 0.323 e. The second-order valence-corrected chi connectivity index (χ2v) is 6.02. The first-order valence-electron chi connectivity index (χ1n) is 7.87. The van der Waals surface area contributed by atoms with Gasteiger partial charge in [0, 0.05) is 24.7 Å². The Morgan fingerprint density at radius 1 is 1.45 bits per heavy atom. The highest BCUT2D eigenvalue weighted by Crippen LogP contribution is 2.24. The number of fused-ring (bicyclic) bond motifs is 1.